The standard InChI is InChI=1S/C15H20FN3/c1-4-17-15(14-7-8-19(3)18-14)10-12-5-6-13(16)9-11(12)2/h5-9,15,17H,4,10H2,1-3H3. The summed E-state index contributed by atoms with van der Waals surface area (Å²) in [4.78, 5) is 0. The Morgan fingerprint density at radius 3 is 2.74 bits per heavy atom. The maximum absolute atomic E-state index is 13.1. The van der Waals surface area contributed by atoms with Crippen LogP contribution in [0.15, 0.2) is 30.5 Å². The number of benzene rings is 1. The first-order valence-electron chi connectivity index (χ1n) is 6.58. The van der Waals surface area contributed by atoms with Crippen LogP contribution in [-0.4, -0.2) is 16.3 Å². The van der Waals surface area contributed by atoms with Crippen molar-refractivity contribution in [3.8, 4) is 0 Å². The predicted octanol–water partition coefficient (Wildman–Crippen LogP) is 2.76. The van der Waals surface area contributed by atoms with Gasteiger partial charge in [0.25, 0.3) is 0 Å². The van der Waals surface area contributed by atoms with Gasteiger partial charge in [-0.15, -0.1) is 0 Å². The third-order valence-electron chi connectivity index (χ3n) is 3.27. The molecule has 1 unspecified atom stereocenters. The molecule has 19 heavy (non-hydrogen) atoms. The molecule has 2 aromatic rings. The van der Waals surface area contributed by atoms with Gasteiger partial charge in [-0.2, -0.15) is 5.10 Å². The van der Waals surface area contributed by atoms with Gasteiger partial charge in [-0.3, -0.25) is 4.68 Å². The minimum absolute atomic E-state index is 0.162. The first-order valence-corrected chi connectivity index (χ1v) is 6.58. The summed E-state index contributed by atoms with van der Waals surface area (Å²) in [5.41, 5.74) is 3.16. The van der Waals surface area contributed by atoms with E-state index in [-0.39, 0.29) is 11.9 Å². The van der Waals surface area contributed by atoms with Gasteiger partial charge >= 0.3 is 0 Å². The highest BCUT2D eigenvalue weighted by molar-refractivity contribution is 5.28. The van der Waals surface area contributed by atoms with Crippen LogP contribution in [0.1, 0.15) is 29.8 Å². The molecule has 1 aromatic heterocycles. The summed E-state index contributed by atoms with van der Waals surface area (Å²) in [6, 6.07) is 7.14. The average Bonchev–Trinajstić information content (AvgIpc) is 2.78. The van der Waals surface area contributed by atoms with E-state index in [0.29, 0.717) is 0 Å². The number of aromatic nitrogens is 2. The van der Waals surface area contributed by atoms with Crippen molar-refractivity contribution in [3.63, 3.8) is 0 Å². The molecule has 1 aromatic carbocycles. The molecule has 0 fully saturated rings. The van der Waals surface area contributed by atoms with Gasteiger partial charge in [-0.25, -0.2) is 4.39 Å². The van der Waals surface area contributed by atoms with Gasteiger partial charge in [0.15, 0.2) is 0 Å². The number of rotatable bonds is 5. The van der Waals surface area contributed by atoms with Crippen LogP contribution < -0.4 is 5.32 Å². The number of halogens is 1. The number of hydrogen-bond donors (Lipinski definition) is 1. The molecule has 4 heteroatoms. The highest BCUT2D eigenvalue weighted by Gasteiger charge is 2.15. The quantitative estimate of drug-likeness (QED) is 0.897. The van der Waals surface area contributed by atoms with E-state index in [1.54, 1.807) is 10.7 Å². The van der Waals surface area contributed by atoms with Gasteiger partial charge in [-0.05, 0) is 49.2 Å². The molecule has 2 rings (SSSR count). The monoisotopic (exact) mass is 261 g/mol. The van der Waals surface area contributed by atoms with Crippen LogP contribution in [0.4, 0.5) is 4.39 Å². The van der Waals surface area contributed by atoms with Crippen molar-refractivity contribution in [3.05, 3.63) is 53.1 Å². The van der Waals surface area contributed by atoms with Gasteiger partial charge in [0.2, 0.25) is 0 Å². The Morgan fingerprint density at radius 2 is 2.16 bits per heavy atom. The molecule has 0 spiro atoms. The zero-order chi connectivity index (χ0) is 13.8. The zero-order valence-corrected chi connectivity index (χ0v) is 11.7. The molecule has 0 aliphatic rings. The molecule has 0 aliphatic heterocycles. The van der Waals surface area contributed by atoms with Gasteiger partial charge in [0.05, 0.1) is 11.7 Å². The molecule has 0 saturated heterocycles. The van der Waals surface area contributed by atoms with Crippen molar-refractivity contribution in [2.45, 2.75) is 26.3 Å². The number of hydrogen-bond acceptors (Lipinski definition) is 2. The number of likely N-dealkylation sites (N-methyl/N-ethyl adjacent to an activating group) is 1. The maximum atomic E-state index is 13.1. The lowest BCUT2D eigenvalue weighted by Crippen LogP contribution is -2.24. The van der Waals surface area contributed by atoms with Crippen LogP contribution in [0.3, 0.4) is 0 Å². The first kappa shape index (κ1) is 13.7. The SMILES string of the molecule is CCNC(Cc1ccc(F)cc1C)c1ccn(C)n1. The summed E-state index contributed by atoms with van der Waals surface area (Å²) < 4.78 is 14.9. The Balaban J connectivity index is 2.21. The van der Waals surface area contributed by atoms with E-state index in [9.17, 15) is 4.39 Å². The third kappa shape index (κ3) is 3.41. The van der Waals surface area contributed by atoms with Crippen molar-refractivity contribution in [2.24, 2.45) is 7.05 Å². The third-order valence-corrected chi connectivity index (χ3v) is 3.27. The van der Waals surface area contributed by atoms with Crippen molar-refractivity contribution < 1.29 is 4.39 Å². The van der Waals surface area contributed by atoms with E-state index >= 15 is 0 Å². The summed E-state index contributed by atoms with van der Waals surface area (Å²) in [5, 5.41) is 7.89. The molecular formula is C15H20FN3. The molecule has 1 atom stereocenters. The van der Waals surface area contributed by atoms with Crippen LogP contribution in [0.2, 0.25) is 0 Å². The predicted molar refractivity (Wildman–Crippen MR) is 74.5 cm³/mol. The normalized spacial score (nSPS) is 12.6. The fourth-order valence-corrected chi connectivity index (χ4v) is 2.25. The van der Waals surface area contributed by atoms with Crippen molar-refractivity contribution in [2.75, 3.05) is 6.54 Å². The first-order chi connectivity index (χ1) is 9.10. The molecule has 3 nitrogen and oxygen atoms in total. The van der Waals surface area contributed by atoms with Gasteiger partial charge in [-0.1, -0.05) is 13.0 Å². The van der Waals surface area contributed by atoms with E-state index in [1.165, 1.54) is 6.07 Å². The summed E-state index contributed by atoms with van der Waals surface area (Å²) >= 11 is 0. The number of aryl methyl sites for hydroxylation is 2. The summed E-state index contributed by atoms with van der Waals surface area (Å²) in [6.07, 6.45) is 2.76. The molecule has 102 valence electrons. The van der Waals surface area contributed by atoms with E-state index in [0.717, 1.165) is 29.8 Å². The van der Waals surface area contributed by atoms with Gasteiger partial charge in [0.1, 0.15) is 5.82 Å². The van der Waals surface area contributed by atoms with E-state index in [2.05, 4.69) is 17.3 Å². The highest BCUT2D eigenvalue weighted by Crippen LogP contribution is 2.19. The highest BCUT2D eigenvalue weighted by atomic mass is 19.1. The molecule has 0 radical (unpaired) electrons. The smallest absolute Gasteiger partial charge is 0.123 e. The Hall–Kier alpha value is -1.68. The summed E-state index contributed by atoms with van der Waals surface area (Å²) in [7, 11) is 1.91. The van der Waals surface area contributed by atoms with Crippen LogP contribution in [0.25, 0.3) is 0 Å². The molecular weight excluding hydrogens is 241 g/mol. The van der Waals surface area contributed by atoms with E-state index < -0.39 is 0 Å². The van der Waals surface area contributed by atoms with E-state index in [1.807, 2.05) is 32.3 Å². The molecule has 0 saturated carbocycles. The summed E-state index contributed by atoms with van der Waals surface area (Å²) in [6.45, 7) is 4.90. The Bertz CT molecular complexity index is 548. The topological polar surface area (TPSA) is 29.9 Å². The van der Waals surface area contributed by atoms with Crippen molar-refractivity contribution >= 4 is 0 Å². The van der Waals surface area contributed by atoms with Crippen LogP contribution >= 0.6 is 0 Å². The Morgan fingerprint density at radius 1 is 1.37 bits per heavy atom. The molecule has 1 N–H and O–H groups in total. The lowest BCUT2D eigenvalue weighted by molar-refractivity contribution is 0.526. The van der Waals surface area contributed by atoms with Crippen LogP contribution in [0, 0.1) is 12.7 Å². The largest absolute Gasteiger partial charge is 0.309 e. The van der Waals surface area contributed by atoms with Crippen LogP contribution in [0.5, 0.6) is 0 Å². The minimum atomic E-state index is -0.181. The summed E-state index contributed by atoms with van der Waals surface area (Å²) in [5.74, 6) is -0.181. The lowest BCUT2D eigenvalue weighted by Gasteiger charge is -2.17. The minimum Gasteiger partial charge on any atom is -0.309 e. The maximum Gasteiger partial charge on any atom is 0.123 e. The Labute approximate surface area is 113 Å². The second-order valence-corrected chi connectivity index (χ2v) is 4.80. The fraction of sp³-hybridized carbons (Fsp3) is 0.400. The molecule has 0 amide bonds. The lowest BCUT2D eigenvalue weighted by atomic mass is 9.99. The van der Waals surface area contributed by atoms with E-state index in [4.69, 9.17) is 0 Å². The van der Waals surface area contributed by atoms with Gasteiger partial charge in [0, 0.05) is 13.2 Å². The average molecular weight is 261 g/mol. The molecule has 0 bridgehead atoms. The molecule has 0 aliphatic carbocycles. The second kappa shape index (κ2) is 5.97. The van der Waals surface area contributed by atoms with Crippen molar-refractivity contribution in [1.82, 2.24) is 15.1 Å². The van der Waals surface area contributed by atoms with Crippen molar-refractivity contribution in [1.29, 1.82) is 0 Å². The number of nitrogens with zero attached hydrogens (tertiary/aromatic N) is 2. The van der Waals surface area contributed by atoms with Crippen LogP contribution in [-0.2, 0) is 13.5 Å². The fourth-order valence-electron chi connectivity index (χ4n) is 2.25. The second-order valence-electron chi connectivity index (χ2n) is 4.80. The zero-order valence-electron chi connectivity index (χ0n) is 11.7. The molecule has 1 heterocycles. The number of nitrogens with one attached hydrogen (secondary N) is 1. The van der Waals surface area contributed by atoms with Gasteiger partial charge < -0.3 is 5.32 Å². The Kier molecular flexibility index (Phi) is 4.32.